The lowest BCUT2D eigenvalue weighted by molar-refractivity contribution is 0.414. The highest BCUT2D eigenvalue weighted by Gasteiger charge is 2.19. The summed E-state index contributed by atoms with van der Waals surface area (Å²) in [6.45, 7) is 0. The molecule has 3 rings (SSSR count). The minimum Gasteiger partial charge on any atom is -0.497 e. The smallest absolute Gasteiger partial charge is 0.340 e. The van der Waals surface area contributed by atoms with E-state index in [0.29, 0.717) is 11.1 Å². The Morgan fingerprint density at radius 2 is 1.70 bits per heavy atom. The summed E-state index contributed by atoms with van der Waals surface area (Å²) in [6, 6.07) is 13.3. The molecule has 2 aromatic carbocycles. The fourth-order valence-electron chi connectivity index (χ4n) is 2.06. The van der Waals surface area contributed by atoms with Crippen molar-refractivity contribution in [2.45, 2.75) is 4.90 Å². The zero-order valence-corrected chi connectivity index (χ0v) is 12.9. The first-order valence-corrected chi connectivity index (χ1v) is 8.02. The Kier molecular flexibility index (Phi) is 3.79. The molecule has 1 heterocycles. The van der Waals surface area contributed by atoms with Crippen LogP contribution >= 0.6 is 0 Å². The molecule has 0 spiro atoms. The van der Waals surface area contributed by atoms with Gasteiger partial charge in [-0.25, -0.2) is 4.79 Å². The maximum absolute atomic E-state index is 12.4. The summed E-state index contributed by atoms with van der Waals surface area (Å²) in [4.78, 5) is 11.5. The third-order valence-electron chi connectivity index (χ3n) is 3.16. The molecule has 0 fully saturated rings. The van der Waals surface area contributed by atoms with Crippen LogP contribution in [0.3, 0.4) is 0 Å². The first-order chi connectivity index (χ1) is 11.0. The fraction of sp³-hybridized carbons (Fsp3) is 0.0625. The van der Waals surface area contributed by atoms with Gasteiger partial charge in [0.1, 0.15) is 16.2 Å². The second kappa shape index (κ2) is 5.77. The van der Waals surface area contributed by atoms with Crippen LogP contribution in [0, 0.1) is 0 Å². The van der Waals surface area contributed by atoms with Crippen LogP contribution in [-0.4, -0.2) is 15.5 Å². The number of hydrogen-bond donors (Lipinski definition) is 0. The van der Waals surface area contributed by atoms with Crippen molar-refractivity contribution in [3.63, 3.8) is 0 Å². The number of rotatable bonds is 4. The minimum absolute atomic E-state index is 0.0457. The summed E-state index contributed by atoms with van der Waals surface area (Å²) >= 11 is 0. The zero-order chi connectivity index (χ0) is 16.4. The minimum atomic E-state index is -4.08. The molecule has 0 unspecified atom stereocenters. The number of hydrogen-bond acceptors (Lipinski definition) is 6. The number of methoxy groups -OCH3 is 1. The van der Waals surface area contributed by atoms with Crippen LogP contribution in [-0.2, 0) is 10.1 Å². The van der Waals surface area contributed by atoms with Crippen molar-refractivity contribution >= 4 is 21.1 Å². The molecule has 6 nitrogen and oxygen atoms in total. The molecule has 0 amide bonds. The van der Waals surface area contributed by atoms with Gasteiger partial charge in [0.2, 0.25) is 0 Å². The molecule has 0 bridgehead atoms. The summed E-state index contributed by atoms with van der Waals surface area (Å²) in [6.07, 6.45) is 0. The zero-order valence-electron chi connectivity index (χ0n) is 12.1. The van der Waals surface area contributed by atoms with E-state index in [1.807, 2.05) is 0 Å². The molecule has 3 aromatic rings. The van der Waals surface area contributed by atoms with Crippen molar-refractivity contribution in [1.82, 2.24) is 0 Å². The van der Waals surface area contributed by atoms with E-state index in [1.165, 1.54) is 31.4 Å². The molecule has 118 valence electrons. The highest BCUT2D eigenvalue weighted by atomic mass is 32.2. The normalized spacial score (nSPS) is 11.3. The van der Waals surface area contributed by atoms with Crippen LogP contribution in [0.1, 0.15) is 0 Å². The lowest BCUT2D eigenvalue weighted by Crippen LogP contribution is -2.11. The largest absolute Gasteiger partial charge is 0.497 e. The van der Waals surface area contributed by atoms with E-state index in [9.17, 15) is 13.2 Å². The Balaban J connectivity index is 2.05. The molecule has 7 heteroatoms. The lowest BCUT2D eigenvalue weighted by atomic mass is 10.2. The van der Waals surface area contributed by atoms with Gasteiger partial charge in [-0.05, 0) is 36.4 Å². The van der Waals surface area contributed by atoms with Gasteiger partial charge in [-0.15, -0.1) is 0 Å². The SMILES string of the molecule is COc1ccc(S(=O)(=O)Oc2cc(=O)oc3ccccc23)cc1. The molecule has 0 aliphatic heterocycles. The highest BCUT2D eigenvalue weighted by Crippen LogP contribution is 2.27. The van der Waals surface area contributed by atoms with Gasteiger partial charge in [0, 0.05) is 0 Å². The molecule has 0 saturated heterocycles. The van der Waals surface area contributed by atoms with Gasteiger partial charge in [0.05, 0.1) is 18.6 Å². The second-order valence-electron chi connectivity index (χ2n) is 4.64. The lowest BCUT2D eigenvalue weighted by Gasteiger charge is -2.09. The summed E-state index contributed by atoms with van der Waals surface area (Å²) in [5.41, 5.74) is -0.441. The Morgan fingerprint density at radius 1 is 1.00 bits per heavy atom. The molecular formula is C16H12O6S. The molecule has 0 N–H and O–H groups in total. The van der Waals surface area contributed by atoms with Crippen LogP contribution in [0.15, 0.2) is 68.7 Å². The summed E-state index contributed by atoms with van der Waals surface area (Å²) in [5, 5.41) is 0.393. The predicted octanol–water partition coefficient (Wildman–Crippen LogP) is 2.57. The van der Waals surface area contributed by atoms with Gasteiger partial charge < -0.3 is 13.3 Å². The first-order valence-electron chi connectivity index (χ1n) is 6.61. The molecular weight excluding hydrogens is 320 g/mol. The quantitative estimate of drug-likeness (QED) is 0.539. The van der Waals surface area contributed by atoms with Crippen molar-refractivity contribution in [3.05, 3.63) is 65.0 Å². The van der Waals surface area contributed by atoms with Crippen LogP contribution < -0.4 is 14.5 Å². The van der Waals surface area contributed by atoms with E-state index in [0.717, 1.165) is 6.07 Å². The number of fused-ring (bicyclic) bond motifs is 1. The van der Waals surface area contributed by atoms with Gasteiger partial charge in [0.15, 0.2) is 5.75 Å². The van der Waals surface area contributed by atoms with Crippen molar-refractivity contribution in [3.8, 4) is 11.5 Å². The molecule has 1 aromatic heterocycles. The van der Waals surface area contributed by atoms with Crippen LogP contribution in [0.5, 0.6) is 11.5 Å². The van der Waals surface area contributed by atoms with Gasteiger partial charge >= 0.3 is 15.7 Å². The van der Waals surface area contributed by atoms with Gasteiger partial charge in [-0.2, -0.15) is 8.42 Å². The third kappa shape index (κ3) is 3.04. The van der Waals surface area contributed by atoms with Crippen molar-refractivity contribution in [1.29, 1.82) is 0 Å². The molecule has 0 saturated carbocycles. The van der Waals surface area contributed by atoms with E-state index in [4.69, 9.17) is 13.3 Å². The first kappa shape index (κ1) is 15.1. The molecule has 0 aliphatic rings. The summed E-state index contributed by atoms with van der Waals surface area (Å²) in [7, 11) is -2.60. The topological polar surface area (TPSA) is 82.8 Å². The van der Waals surface area contributed by atoms with Crippen LogP contribution in [0.25, 0.3) is 11.0 Å². The maximum Gasteiger partial charge on any atom is 0.340 e. The predicted molar refractivity (Wildman–Crippen MR) is 83.3 cm³/mol. The summed E-state index contributed by atoms with van der Waals surface area (Å²) in [5.74, 6) is 0.447. The van der Waals surface area contributed by atoms with Gasteiger partial charge in [-0.3, -0.25) is 0 Å². The highest BCUT2D eigenvalue weighted by molar-refractivity contribution is 7.87. The van der Waals surface area contributed by atoms with Gasteiger partial charge in [-0.1, -0.05) is 12.1 Å². The van der Waals surface area contributed by atoms with E-state index in [-0.39, 0.29) is 16.2 Å². The molecule has 23 heavy (non-hydrogen) atoms. The maximum atomic E-state index is 12.4. The summed E-state index contributed by atoms with van der Waals surface area (Å²) < 4.78 is 39.8. The van der Waals surface area contributed by atoms with E-state index >= 15 is 0 Å². The molecule has 0 atom stereocenters. The molecule has 0 radical (unpaired) electrons. The van der Waals surface area contributed by atoms with Crippen LogP contribution in [0.2, 0.25) is 0 Å². The number of ether oxygens (including phenoxy) is 1. The molecule has 0 aliphatic carbocycles. The Bertz CT molecular complexity index is 1000. The van der Waals surface area contributed by atoms with Crippen molar-refractivity contribution in [2.75, 3.05) is 7.11 Å². The standard InChI is InChI=1S/C16H12O6S/c1-20-11-6-8-12(9-7-11)23(18,19)22-15-10-16(17)21-14-5-3-2-4-13(14)15/h2-10H,1H3. The van der Waals surface area contributed by atoms with Crippen molar-refractivity contribution < 1.29 is 21.8 Å². The van der Waals surface area contributed by atoms with E-state index in [1.54, 1.807) is 24.3 Å². The second-order valence-corrected chi connectivity index (χ2v) is 6.19. The van der Waals surface area contributed by atoms with E-state index in [2.05, 4.69) is 0 Å². The Labute approximate surface area is 132 Å². The van der Waals surface area contributed by atoms with Gasteiger partial charge in [0.25, 0.3) is 0 Å². The average molecular weight is 332 g/mol. The average Bonchev–Trinajstić information content (AvgIpc) is 2.54. The Morgan fingerprint density at radius 3 is 2.39 bits per heavy atom. The number of para-hydroxylation sites is 1. The monoisotopic (exact) mass is 332 g/mol. The van der Waals surface area contributed by atoms with Crippen LogP contribution in [0.4, 0.5) is 0 Å². The fourth-order valence-corrected chi connectivity index (χ4v) is 3.00. The number of benzene rings is 2. The Hall–Kier alpha value is -2.80. The van der Waals surface area contributed by atoms with Crippen molar-refractivity contribution in [2.24, 2.45) is 0 Å². The van der Waals surface area contributed by atoms with E-state index < -0.39 is 15.7 Å². The third-order valence-corrected chi connectivity index (χ3v) is 4.41.